The Bertz CT molecular complexity index is 191. The first-order chi connectivity index (χ1) is 5.75. The van der Waals surface area contributed by atoms with E-state index in [1.165, 1.54) is 0 Å². The molecular formula is C4H4F6O4. The number of halogens is 6. The zero-order valence-corrected chi connectivity index (χ0v) is 6.06. The molecule has 14 heavy (non-hydrogen) atoms. The summed E-state index contributed by atoms with van der Waals surface area (Å²) in [5, 5.41) is 31.7. The molecule has 0 saturated heterocycles. The third-order valence-electron chi connectivity index (χ3n) is 1.28. The van der Waals surface area contributed by atoms with Crippen LogP contribution < -0.4 is 0 Å². The molecule has 0 rings (SSSR count). The van der Waals surface area contributed by atoms with E-state index in [1.54, 1.807) is 0 Å². The first kappa shape index (κ1) is 13.4. The smallest absolute Gasteiger partial charge is 0.354 e. The van der Waals surface area contributed by atoms with Gasteiger partial charge in [-0.1, -0.05) is 0 Å². The fourth-order valence-corrected chi connectivity index (χ4v) is 0.395. The molecule has 0 aromatic carbocycles. The normalized spacial score (nSPS) is 15.9. The van der Waals surface area contributed by atoms with E-state index in [0.717, 1.165) is 0 Å². The van der Waals surface area contributed by atoms with Crippen LogP contribution in [-0.2, 0) is 0 Å². The molecule has 0 aliphatic heterocycles. The van der Waals surface area contributed by atoms with Crippen molar-refractivity contribution in [3.05, 3.63) is 0 Å². The second kappa shape index (κ2) is 2.95. The van der Waals surface area contributed by atoms with Gasteiger partial charge in [-0.2, -0.15) is 26.3 Å². The van der Waals surface area contributed by atoms with Crippen molar-refractivity contribution in [2.75, 3.05) is 0 Å². The highest BCUT2D eigenvalue weighted by Gasteiger charge is 2.76. The predicted octanol–water partition coefficient (Wildman–Crippen LogP) is -0.527. The van der Waals surface area contributed by atoms with Crippen LogP contribution in [-0.4, -0.2) is 44.4 Å². The summed E-state index contributed by atoms with van der Waals surface area (Å²) < 4.78 is 69.2. The van der Waals surface area contributed by atoms with Crippen LogP contribution in [0.15, 0.2) is 0 Å². The van der Waals surface area contributed by atoms with Gasteiger partial charge in [-0.3, -0.25) is 0 Å². The summed E-state index contributed by atoms with van der Waals surface area (Å²) in [4.78, 5) is 0. The van der Waals surface area contributed by atoms with Crippen molar-refractivity contribution in [1.82, 2.24) is 0 Å². The number of hydrogen-bond acceptors (Lipinski definition) is 4. The number of alkyl halides is 6. The lowest BCUT2D eigenvalue weighted by atomic mass is 10.1. The van der Waals surface area contributed by atoms with Crippen LogP contribution in [0.1, 0.15) is 0 Å². The maximum atomic E-state index is 11.5. The highest BCUT2D eigenvalue weighted by Crippen LogP contribution is 2.43. The lowest BCUT2D eigenvalue weighted by Crippen LogP contribution is -2.69. The van der Waals surface area contributed by atoms with Gasteiger partial charge in [0.15, 0.2) is 0 Å². The predicted molar refractivity (Wildman–Crippen MR) is 26.4 cm³/mol. The molecule has 0 aliphatic rings. The van der Waals surface area contributed by atoms with E-state index in [1.807, 2.05) is 0 Å². The van der Waals surface area contributed by atoms with Gasteiger partial charge in [0.1, 0.15) is 0 Å². The summed E-state index contributed by atoms with van der Waals surface area (Å²) in [5.41, 5.74) is 0. The Balaban J connectivity index is 5.30. The molecule has 0 spiro atoms. The third kappa shape index (κ3) is 1.78. The van der Waals surface area contributed by atoms with Gasteiger partial charge in [-0.25, -0.2) is 0 Å². The van der Waals surface area contributed by atoms with Gasteiger partial charge in [-0.05, 0) is 0 Å². The van der Waals surface area contributed by atoms with Crippen LogP contribution in [0.2, 0.25) is 0 Å². The van der Waals surface area contributed by atoms with Crippen LogP contribution in [0.3, 0.4) is 0 Å². The molecule has 0 heterocycles. The first-order valence-electron chi connectivity index (χ1n) is 2.78. The molecule has 0 aromatic heterocycles. The van der Waals surface area contributed by atoms with Crippen molar-refractivity contribution in [2.45, 2.75) is 23.9 Å². The summed E-state index contributed by atoms with van der Waals surface area (Å²) in [6, 6.07) is 0. The van der Waals surface area contributed by atoms with Crippen LogP contribution in [0.4, 0.5) is 26.3 Å². The maximum absolute atomic E-state index is 11.5. The summed E-state index contributed by atoms with van der Waals surface area (Å²) in [6.45, 7) is 0. The molecular weight excluding hydrogens is 226 g/mol. The molecule has 0 saturated carbocycles. The minimum atomic E-state index is -6.27. The van der Waals surface area contributed by atoms with E-state index in [0.29, 0.717) is 0 Å². The van der Waals surface area contributed by atoms with Gasteiger partial charge >= 0.3 is 23.9 Å². The summed E-state index contributed by atoms with van der Waals surface area (Å²) >= 11 is 0. The molecule has 0 fully saturated rings. The van der Waals surface area contributed by atoms with Gasteiger partial charge in [0.2, 0.25) is 0 Å². The number of hydrogen-bond donors (Lipinski definition) is 4. The Labute approximate surface area is 72.0 Å². The van der Waals surface area contributed by atoms with Gasteiger partial charge in [-0.15, -0.1) is 0 Å². The van der Waals surface area contributed by atoms with Gasteiger partial charge in [0, 0.05) is 0 Å². The molecule has 0 unspecified atom stereocenters. The lowest BCUT2D eigenvalue weighted by Gasteiger charge is -2.36. The largest absolute Gasteiger partial charge is 0.449 e. The average molecular weight is 230 g/mol. The van der Waals surface area contributed by atoms with Crippen LogP contribution >= 0.6 is 0 Å². The van der Waals surface area contributed by atoms with E-state index in [4.69, 9.17) is 20.4 Å². The van der Waals surface area contributed by atoms with E-state index >= 15 is 0 Å². The zero-order valence-electron chi connectivity index (χ0n) is 6.06. The van der Waals surface area contributed by atoms with E-state index in [-0.39, 0.29) is 0 Å². The molecule has 0 radical (unpaired) electrons. The Hall–Kier alpha value is -0.580. The van der Waals surface area contributed by atoms with E-state index in [9.17, 15) is 26.3 Å². The lowest BCUT2D eigenvalue weighted by molar-refractivity contribution is -0.502. The van der Waals surface area contributed by atoms with Crippen LogP contribution in [0, 0.1) is 0 Å². The highest BCUT2D eigenvalue weighted by atomic mass is 19.4. The minimum Gasteiger partial charge on any atom is -0.354 e. The second-order valence-electron chi connectivity index (χ2n) is 2.34. The summed E-state index contributed by atoms with van der Waals surface area (Å²) in [7, 11) is 0. The monoisotopic (exact) mass is 230 g/mol. The molecule has 86 valence electrons. The van der Waals surface area contributed by atoms with Crippen LogP contribution in [0.5, 0.6) is 0 Å². The fraction of sp³-hybridized carbons (Fsp3) is 1.00. The van der Waals surface area contributed by atoms with Gasteiger partial charge in [0.25, 0.3) is 0 Å². The Kier molecular flexibility index (Phi) is 2.83. The number of aliphatic hydroxyl groups is 4. The maximum Gasteiger partial charge on any atom is 0.449 e. The van der Waals surface area contributed by atoms with Crippen molar-refractivity contribution in [1.29, 1.82) is 0 Å². The average Bonchev–Trinajstić information content (AvgIpc) is 1.81. The number of rotatable bonds is 1. The molecule has 0 aromatic rings. The minimum absolute atomic E-state index is 5.70. The van der Waals surface area contributed by atoms with Gasteiger partial charge in [0.05, 0.1) is 0 Å². The van der Waals surface area contributed by atoms with E-state index in [2.05, 4.69) is 0 Å². The molecule has 4 nitrogen and oxygen atoms in total. The standard InChI is InChI=1S/C4H4F6O4/c5-3(6,7)1(11,12)2(13,14)4(8,9)10/h11-14H. The van der Waals surface area contributed by atoms with Crippen molar-refractivity contribution < 1.29 is 46.8 Å². The quantitative estimate of drug-likeness (QED) is 0.360. The Morgan fingerprint density at radius 2 is 0.643 bits per heavy atom. The highest BCUT2D eigenvalue weighted by molar-refractivity contribution is 4.93. The molecule has 4 N–H and O–H groups in total. The van der Waals surface area contributed by atoms with Gasteiger partial charge < -0.3 is 20.4 Å². The van der Waals surface area contributed by atoms with Crippen LogP contribution in [0.25, 0.3) is 0 Å². The van der Waals surface area contributed by atoms with Crippen molar-refractivity contribution >= 4 is 0 Å². The fourth-order valence-electron chi connectivity index (χ4n) is 0.395. The molecule has 10 heteroatoms. The second-order valence-corrected chi connectivity index (χ2v) is 2.34. The topological polar surface area (TPSA) is 80.9 Å². The SMILES string of the molecule is OC(O)(C(F)(F)F)C(O)(O)C(F)(F)F. The molecule has 0 amide bonds. The third-order valence-corrected chi connectivity index (χ3v) is 1.28. The van der Waals surface area contributed by atoms with E-state index < -0.39 is 23.9 Å². The Morgan fingerprint density at radius 3 is 0.714 bits per heavy atom. The molecule has 0 aliphatic carbocycles. The van der Waals surface area contributed by atoms with Crippen molar-refractivity contribution in [2.24, 2.45) is 0 Å². The Morgan fingerprint density at radius 1 is 0.500 bits per heavy atom. The molecule has 0 atom stereocenters. The van der Waals surface area contributed by atoms with Crippen molar-refractivity contribution in [3.63, 3.8) is 0 Å². The zero-order chi connectivity index (χ0) is 12.0. The van der Waals surface area contributed by atoms with Crippen molar-refractivity contribution in [3.8, 4) is 0 Å². The first-order valence-corrected chi connectivity index (χ1v) is 2.78. The summed E-state index contributed by atoms with van der Waals surface area (Å²) in [5.74, 6) is -11.4. The summed E-state index contributed by atoms with van der Waals surface area (Å²) in [6.07, 6.45) is -12.5. The molecule has 0 bridgehead atoms.